The van der Waals surface area contributed by atoms with Crippen molar-refractivity contribution in [1.82, 2.24) is 14.7 Å². The van der Waals surface area contributed by atoms with Crippen molar-refractivity contribution in [1.29, 1.82) is 0 Å². The summed E-state index contributed by atoms with van der Waals surface area (Å²) in [6.07, 6.45) is 0.710. The Morgan fingerprint density at radius 3 is 2.39 bits per heavy atom. The third kappa shape index (κ3) is 6.14. The third-order valence-electron chi connectivity index (χ3n) is 5.18. The van der Waals surface area contributed by atoms with Crippen molar-refractivity contribution in [3.05, 3.63) is 52.4 Å². The van der Waals surface area contributed by atoms with Gasteiger partial charge in [0.05, 0.1) is 0 Å². The number of anilines is 2. The summed E-state index contributed by atoms with van der Waals surface area (Å²) < 4.78 is 6.24. The van der Waals surface area contributed by atoms with E-state index in [1.54, 1.807) is 0 Å². The van der Waals surface area contributed by atoms with Gasteiger partial charge in [-0.3, -0.25) is 9.59 Å². The lowest BCUT2D eigenvalue weighted by Gasteiger charge is -2.35. The van der Waals surface area contributed by atoms with Gasteiger partial charge in [-0.05, 0) is 43.3 Å². The molecule has 1 amide bonds. The van der Waals surface area contributed by atoms with E-state index in [1.165, 1.54) is 16.8 Å². The first kappa shape index (κ1) is 22.5. The number of amides is 1. The first-order valence-electron chi connectivity index (χ1n) is 10.6. The van der Waals surface area contributed by atoms with Crippen LogP contribution in [0.4, 0.5) is 11.4 Å². The van der Waals surface area contributed by atoms with Gasteiger partial charge in [-0.1, -0.05) is 13.8 Å². The number of benzene rings is 1. The number of hydrogen-bond acceptors (Lipinski definition) is 7. The topological polar surface area (TPSA) is 96.8 Å². The number of piperazine rings is 1. The van der Waals surface area contributed by atoms with E-state index in [4.69, 9.17) is 4.74 Å². The van der Waals surface area contributed by atoms with Crippen molar-refractivity contribution in [3.8, 4) is 0 Å². The Morgan fingerprint density at radius 2 is 1.74 bits per heavy atom. The predicted octanol–water partition coefficient (Wildman–Crippen LogP) is 1.59. The van der Waals surface area contributed by atoms with Crippen LogP contribution in [0.2, 0.25) is 0 Å². The Kier molecular flexibility index (Phi) is 7.77. The van der Waals surface area contributed by atoms with Crippen LogP contribution in [0.25, 0.3) is 0 Å². The monoisotopic (exact) mass is 427 g/mol. The quantitative estimate of drug-likeness (QED) is 0.639. The number of esters is 1. The molecule has 0 radical (unpaired) electrons. The van der Waals surface area contributed by atoms with Crippen molar-refractivity contribution in [2.45, 2.75) is 26.8 Å². The molecule has 3 rings (SSSR count). The largest absolute Gasteiger partial charge is 0.451 e. The molecule has 1 N–H and O–H groups in total. The molecule has 0 aliphatic carbocycles. The minimum atomic E-state index is -0.749. The van der Waals surface area contributed by atoms with Gasteiger partial charge in [0, 0.05) is 50.2 Å². The van der Waals surface area contributed by atoms with Crippen molar-refractivity contribution in [2.24, 2.45) is 0 Å². The van der Waals surface area contributed by atoms with Gasteiger partial charge >= 0.3 is 5.97 Å². The van der Waals surface area contributed by atoms with E-state index in [-0.39, 0.29) is 11.3 Å². The summed E-state index contributed by atoms with van der Waals surface area (Å²) in [7, 11) is 0. The van der Waals surface area contributed by atoms with Gasteiger partial charge in [0.1, 0.15) is 0 Å². The van der Waals surface area contributed by atoms with Gasteiger partial charge in [-0.25, -0.2) is 9.48 Å². The Bertz CT molecular complexity index is 949. The van der Waals surface area contributed by atoms with Crippen LogP contribution in [-0.4, -0.2) is 65.9 Å². The number of aromatic nitrogens is 2. The van der Waals surface area contributed by atoms with E-state index in [0.717, 1.165) is 38.4 Å². The molecule has 1 aliphatic rings. The van der Waals surface area contributed by atoms with Gasteiger partial charge in [0.15, 0.2) is 12.3 Å². The smallest absolute Gasteiger partial charge is 0.359 e. The van der Waals surface area contributed by atoms with Crippen LogP contribution < -0.4 is 15.8 Å². The fraction of sp³-hybridized carbons (Fsp3) is 0.455. The Labute approximate surface area is 181 Å². The second-order valence-corrected chi connectivity index (χ2v) is 7.37. The van der Waals surface area contributed by atoms with E-state index in [0.29, 0.717) is 18.7 Å². The molecule has 9 nitrogen and oxygen atoms in total. The van der Waals surface area contributed by atoms with E-state index in [9.17, 15) is 14.4 Å². The van der Waals surface area contributed by atoms with Gasteiger partial charge in [0.2, 0.25) is 0 Å². The number of nitrogens with one attached hydrogen (secondary N) is 1. The predicted molar refractivity (Wildman–Crippen MR) is 118 cm³/mol. The molecule has 9 heteroatoms. The summed E-state index contributed by atoms with van der Waals surface area (Å²) in [4.78, 5) is 40.7. The molecule has 0 spiro atoms. The highest BCUT2D eigenvalue weighted by atomic mass is 16.5. The van der Waals surface area contributed by atoms with Crippen LogP contribution in [0.15, 0.2) is 41.2 Å². The lowest BCUT2D eigenvalue weighted by Crippen LogP contribution is -2.46. The highest BCUT2D eigenvalue weighted by Crippen LogP contribution is 2.19. The lowest BCUT2D eigenvalue weighted by atomic mass is 10.2. The van der Waals surface area contributed by atoms with Crippen LogP contribution in [0.1, 0.15) is 30.8 Å². The maximum Gasteiger partial charge on any atom is 0.359 e. The maximum atomic E-state index is 12.1. The second kappa shape index (κ2) is 10.7. The van der Waals surface area contributed by atoms with Crippen LogP contribution in [0.5, 0.6) is 0 Å². The molecule has 1 aromatic carbocycles. The zero-order valence-corrected chi connectivity index (χ0v) is 18.0. The number of hydrogen-bond donors (Lipinski definition) is 1. The average Bonchev–Trinajstić information content (AvgIpc) is 2.79. The summed E-state index contributed by atoms with van der Waals surface area (Å²) >= 11 is 0. The van der Waals surface area contributed by atoms with E-state index < -0.39 is 18.5 Å². The van der Waals surface area contributed by atoms with Crippen molar-refractivity contribution < 1.29 is 14.3 Å². The molecule has 1 aliphatic heterocycles. The Morgan fingerprint density at radius 1 is 1.03 bits per heavy atom. The van der Waals surface area contributed by atoms with E-state index >= 15 is 0 Å². The van der Waals surface area contributed by atoms with E-state index in [1.807, 2.05) is 31.2 Å². The number of carbonyl (C=O) groups excluding carboxylic acids is 2. The molecule has 0 saturated carbocycles. The highest BCUT2D eigenvalue weighted by molar-refractivity contribution is 5.94. The molecule has 0 bridgehead atoms. The number of aryl methyl sites for hydroxylation is 1. The van der Waals surface area contributed by atoms with Crippen LogP contribution in [-0.2, 0) is 16.1 Å². The average molecular weight is 428 g/mol. The molecule has 0 unspecified atom stereocenters. The van der Waals surface area contributed by atoms with Gasteiger partial charge in [-0.2, -0.15) is 5.10 Å². The lowest BCUT2D eigenvalue weighted by molar-refractivity contribution is -0.119. The minimum Gasteiger partial charge on any atom is -0.451 e. The molecular weight excluding hydrogens is 398 g/mol. The van der Waals surface area contributed by atoms with Crippen LogP contribution >= 0.6 is 0 Å². The summed E-state index contributed by atoms with van der Waals surface area (Å²) in [5, 5.41) is 6.70. The number of nitrogens with zero attached hydrogens (tertiary/aromatic N) is 4. The molecule has 1 fully saturated rings. The normalized spacial score (nSPS) is 14.3. The van der Waals surface area contributed by atoms with Crippen molar-refractivity contribution in [3.63, 3.8) is 0 Å². The van der Waals surface area contributed by atoms with Crippen LogP contribution in [0, 0.1) is 0 Å². The maximum absolute atomic E-state index is 12.1. The second-order valence-electron chi connectivity index (χ2n) is 7.37. The SMILES string of the molecule is CCCn1nc(C(=O)OCC(=O)Nc2ccc(N3CCN(CC)CC3)cc2)ccc1=O. The zero-order valence-electron chi connectivity index (χ0n) is 18.0. The first-order valence-corrected chi connectivity index (χ1v) is 10.6. The molecular formula is C22H29N5O4. The third-order valence-corrected chi connectivity index (χ3v) is 5.18. The number of carbonyl (C=O) groups is 2. The van der Waals surface area contributed by atoms with E-state index in [2.05, 4.69) is 27.1 Å². The molecule has 31 heavy (non-hydrogen) atoms. The van der Waals surface area contributed by atoms with Crippen molar-refractivity contribution >= 4 is 23.3 Å². The molecule has 1 saturated heterocycles. The van der Waals surface area contributed by atoms with Crippen LogP contribution in [0.3, 0.4) is 0 Å². The minimum absolute atomic E-state index is 0.00614. The van der Waals surface area contributed by atoms with Gasteiger partial charge < -0.3 is 19.9 Å². The fourth-order valence-electron chi connectivity index (χ4n) is 3.41. The summed E-state index contributed by atoms with van der Waals surface area (Å²) in [5.41, 5.74) is 1.46. The molecule has 2 heterocycles. The molecule has 2 aromatic rings. The Hall–Kier alpha value is -3.20. The highest BCUT2D eigenvalue weighted by Gasteiger charge is 2.16. The summed E-state index contributed by atoms with van der Waals surface area (Å²) in [5.74, 6) is -1.19. The molecule has 0 atom stereocenters. The number of ether oxygens (including phenoxy) is 1. The zero-order chi connectivity index (χ0) is 22.2. The standard InChI is InChI=1S/C22H29N5O4/c1-3-11-27-21(29)10-9-19(24-27)22(30)31-16-20(28)23-17-5-7-18(8-6-17)26-14-12-25(4-2)13-15-26/h5-10H,3-4,11-16H2,1-2H3,(H,23,28). The number of rotatable bonds is 8. The van der Waals surface area contributed by atoms with Gasteiger partial charge in [-0.15, -0.1) is 0 Å². The summed E-state index contributed by atoms with van der Waals surface area (Å²) in [6.45, 7) is 9.18. The molecule has 1 aromatic heterocycles. The van der Waals surface area contributed by atoms with Crippen molar-refractivity contribution in [2.75, 3.05) is 49.5 Å². The first-order chi connectivity index (χ1) is 15.0. The fourth-order valence-corrected chi connectivity index (χ4v) is 3.41. The number of likely N-dealkylation sites (N-methyl/N-ethyl adjacent to an activating group) is 1. The summed E-state index contributed by atoms with van der Waals surface area (Å²) in [6, 6.07) is 10.2. The molecule has 166 valence electrons. The van der Waals surface area contributed by atoms with Gasteiger partial charge in [0.25, 0.3) is 11.5 Å². The Balaban J connectivity index is 1.49.